The van der Waals surface area contributed by atoms with Crippen molar-refractivity contribution in [1.29, 1.82) is 0 Å². The van der Waals surface area contributed by atoms with E-state index in [1.807, 2.05) is 6.92 Å². The predicted octanol–water partition coefficient (Wildman–Crippen LogP) is 1.98. The molecule has 0 unspecified atom stereocenters. The van der Waals surface area contributed by atoms with Crippen molar-refractivity contribution >= 4 is 11.9 Å². The monoisotopic (exact) mass is 293 g/mol. The number of hydrogen-bond donors (Lipinski definition) is 1. The Labute approximate surface area is 124 Å². The molecule has 1 aromatic rings. The lowest BCUT2D eigenvalue weighted by Gasteiger charge is -2.43. The Morgan fingerprint density at radius 1 is 1.38 bits per heavy atom. The van der Waals surface area contributed by atoms with E-state index >= 15 is 0 Å². The lowest BCUT2D eigenvalue weighted by Crippen LogP contribution is -2.52. The van der Waals surface area contributed by atoms with Crippen molar-refractivity contribution in [2.75, 3.05) is 7.05 Å². The zero-order chi connectivity index (χ0) is 15.6. The molecule has 1 saturated carbocycles. The van der Waals surface area contributed by atoms with Gasteiger partial charge >= 0.3 is 5.97 Å². The fourth-order valence-electron chi connectivity index (χ4n) is 3.23. The summed E-state index contributed by atoms with van der Waals surface area (Å²) in [5, 5.41) is 13.3. The second-order valence-electron chi connectivity index (χ2n) is 5.99. The number of aromatic nitrogens is 2. The largest absolute Gasteiger partial charge is 0.481 e. The van der Waals surface area contributed by atoms with Gasteiger partial charge in [-0.2, -0.15) is 5.10 Å². The van der Waals surface area contributed by atoms with Crippen LogP contribution in [-0.2, 0) is 11.8 Å². The van der Waals surface area contributed by atoms with Crippen LogP contribution in [0.25, 0.3) is 0 Å². The second-order valence-corrected chi connectivity index (χ2v) is 5.99. The van der Waals surface area contributed by atoms with E-state index < -0.39 is 11.5 Å². The number of carboxylic acids is 1. The van der Waals surface area contributed by atoms with Crippen LogP contribution in [0, 0.1) is 6.92 Å². The molecular formula is C15H23N3O3. The van der Waals surface area contributed by atoms with Gasteiger partial charge < -0.3 is 10.0 Å². The standard InChI is InChI=1S/C15H23N3O3/c1-11-12(10-16-18(11)3)14(21)17(2)15(9-13(19)20)7-5-4-6-8-15/h10H,4-9H2,1-3H3,(H,19,20). The highest BCUT2D eigenvalue weighted by atomic mass is 16.4. The summed E-state index contributed by atoms with van der Waals surface area (Å²) in [6.45, 7) is 1.85. The minimum atomic E-state index is -0.848. The molecule has 1 amide bonds. The Morgan fingerprint density at radius 2 is 2.00 bits per heavy atom. The fourth-order valence-corrected chi connectivity index (χ4v) is 3.23. The van der Waals surface area contributed by atoms with E-state index in [4.69, 9.17) is 0 Å². The van der Waals surface area contributed by atoms with Crippen molar-refractivity contribution < 1.29 is 14.7 Å². The second kappa shape index (κ2) is 5.87. The van der Waals surface area contributed by atoms with Gasteiger partial charge in [0, 0.05) is 19.8 Å². The summed E-state index contributed by atoms with van der Waals surface area (Å²) >= 11 is 0. The fraction of sp³-hybridized carbons (Fsp3) is 0.667. The summed E-state index contributed by atoms with van der Waals surface area (Å²) in [5.41, 5.74) is 0.784. The summed E-state index contributed by atoms with van der Waals surface area (Å²) in [6.07, 6.45) is 6.12. The van der Waals surface area contributed by atoms with Crippen LogP contribution in [0.15, 0.2) is 6.20 Å². The Morgan fingerprint density at radius 3 is 2.48 bits per heavy atom. The molecule has 1 heterocycles. The van der Waals surface area contributed by atoms with Crippen LogP contribution in [-0.4, -0.2) is 44.3 Å². The quantitative estimate of drug-likeness (QED) is 0.921. The van der Waals surface area contributed by atoms with Crippen molar-refractivity contribution in [3.8, 4) is 0 Å². The molecule has 0 bridgehead atoms. The normalized spacial score (nSPS) is 17.5. The minimum absolute atomic E-state index is 0.00848. The van der Waals surface area contributed by atoms with E-state index in [1.165, 1.54) is 0 Å². The zero-order valence-corrected chi connectivity index (χ0v) is 12.9. The number of carbonyl (C=O) groups is 2. The lowest BCUT2D eigenvalue weighted by molar-refractivity contribution is -0.140. The van der Waals surface area contributed by atoms with Gasteiger partial charge in [0.15, 0.2) is 0 Å². The number of rotatable bonds is 4. The molecule has 116 valence electrons. The van der Waals surface area contributed by atoms with Crippen LogP contribution in [0.5, 0.6) is 0 Å². The highest BCUT2D eigenvalue weighted by Crippen LogP contribution is 2.36. The smallest absolute Gasteiger partial charge is 0.305 e. The van der Waals surface area contributed by atoms with Gasteiger partial charge in [-0.25, -0.2) is 0 Å². The molecule has 21 heavy (non-hydrogen) atoms. The average molecular weight is 293 g/mol. The number of aryl methyl sites for hydroxylation is 1. The van der Waals surface area contributed by atoms with Crippen molar-refractivity contribution in [3.63, 3.8) is 0 Å². The minimum Gasteiger partial charge on any atom is -0.481 e. The molecule has 2 rings (SSSR count). The van der Waals surface area contributed by atoms with E-state index in [-0.39, 0.29) is 12.3 Å². The number of aliphatic carboxylic acids is 1. The third kappa shape index (κ3) is 2.94. The van der Waals surface area contributed by atoms with Crippen LogP contribution in [0.3, 0.4) is 0 Å². The van der Waals surface area contributed by atoms with Crippen LogP contribution < -0.4 is 0 Å². The highest BCUT2D eigenvalue weighted by Gasteiger charge is 2.41. The van der Waals surface area contributed by atoms with Crippen molar-refractivity contribution in [2.24, 2.45) is 7.05 Å². The summed E-state index contributed by atoms with van der Waals surface area (Å²) < 4.78 is 1.66. The van der Waals surface area contributed by atoms with Gasteiger partial charge in [0.05, 0.1) is 23.7 Å². The van der Waals surface area contributed by atoms with Crippen LogP contribution in [0.4, 0.5) is 0 Å². The average Bonchev–Trinajstić information content (AvgIpc) is 2.78. The van der Waals surface area contributed by atoms with Crippen molar-refractivity contribution in [3.05, 3.63) is 17.5 Å². The SMILES string of the molecule is Cc1c(C(=O)N(C)C2(CC(=O)O)CCCCC2)cnn1C. The van der Waals surface area contributed by atoms with Gasteiger partial charge in [0.25, 0.3) is 5.91 Å². The van der Waals surface area contributed by atoms with Crippen molar-refractivity contribution in [2.45, 2.75) is 51.0 Å². The van der Waals surface area contributed by atoms with Gasteiger partial charge in [0.2, 0.25) is 0 Å². The van der Waals surface area contributed by atoms with E-state index in [0.717, 1.165) is 37.8 Å². The lowest BCUT2D eigenvalue weighted by atomic mass is 9.78. The molecule has 1 aliphatic rings. The molecule has 0 spiro atoms. The molecule has 0 aromatic carbocycles. The number of carbonyl (C=O) groups excluding carboxylic acids is 1. The summed E-state index contributed by atoms with van der Waals surface area (Å²) in [4.78, 5) is 25.6. The van der Waals surface area contributed by atoms with E-state index in [0.29, 0.717) is 5.56 Å². The Kier molecular flexibility index (Phi) is 4.34. The maximum Gasteiger partial charge on any atom is 0.305 e. The highest BCUT2D eigenvalue weighted by molar-refractivity contribution is 5.95. The molecule has 1 fully saturated rings. The number of amides is 1. The first-order chi connectivity index (χ1) is 9.87. The Balaban J connectivity index is 2.29. The number of carboxylic acid groups (broad SMARTS) is 1. The topological polar surface area (TPSA) is 75.4 Å². The molecular weight excluding hydrogens is 270 g/mol. The molecule has 1 aliphatic carbocycles. The maximum absolute atomic E-state index is 12.7. The third-order valence-electron chi connectivity index (χ3n) is 4.75. The summed E-state index contributed by atoms with van der Waals surface area (Å²) in [7, 11) is 3.52. The Hall–Kier alpha value is -1.85. The van der Waals surface area contributed by atoms with Gasteiger partial charge in [0.1, 0.15) is 0 Å². The van der Waals surface area contributed by atoms with Gasteiger partial charge in [-0.1, -0.05) is 19.3 Å². The molecule has 0 saturated heterocycles. The van der Waals surface area contributed by atoms with E-state index in [9.17, 15) is 14.7 Å². The Bertz CT molecular complexity index is 544. The van der Waals surface area contributed by atoms with Gasteiger partial charge in [-0.3, -0.25) is 14.3 Å². The molecule has 6 heteroatoms. The molecule has 0 radical (unpaired) electrons. The van der Waals surface area contributed by atoms with Crippen molar-refractivity contribution in [1.82, 2.24) is 14.7 Å². The van der Waals surface area contributed by atoms with Gasteiger partial charge in [-0.15, -0.1) is 0 Å². The molecule has 6 nitrogen and oxygen atoms in total. The van der Waals surface area contributed by atoms with Crippen LogP contribution >= 0.6 is 0 Å². The van der Waals surface area contributed by atoms with Gasteiger partial charge in [-0.05, 0) is 19.8 Å². The van der Waals surface area contributed by atoms with Crippen LogP contribution in [0.1, 0.15) is 54.6 Å². The number of hydrogen-bond acceptors (Lipinski definition) is 3. The molecule has 1 N–H and O–H groups in total. The van der Waals surface area contributed by atoms with E-state index in [1.54, 1.807) is 29.9 Å². The van der Waals surface area contributed by atoms with E-state index in [2.05, 4.69) is 5.10 Å². The first-order valence-corrected chi connectivity index (χ1v) is 7.36. The third-order valence-corrected chi connectivity index (χ3v) is 4.75. The first kappa shape index (κ1) is 15.5. The first-order valence-electron chi connectivity index (χ1n) is 7.36. The molecule has 0 atom stereocenters. The zero-order valence-electron chi connectivity index (χ0n) is 12.9. The summed E-state index contributed by atoms with van der Waals surface area (Å²) in [5.74, 6) is -0.983. The molecule has 0 aliphatic heterocycles. The molecule has 1 aromatic heterocycles. The predicted molar refractivity (Wildman–Crippen MR) is 78.1 cm³/mol. The number of nitrogens with zero attached hydrogens (tertiary/aromatic N) is 3. The maximum atomic E-state index is 12.7. The summed E-state index contributed by atoms with van der Waals surface area (Å²) in [6, 6.07) is 0. The van der Waals surface area contributed by atoms with Crippen LogP contribution in [0.2, 0.25) is 0 Å².